The molecule has 1 aromatic heterocycles. The van der Waals surface area contributed by atoms with E-state index >= 15 is 0 Å². The second kappa shape index (κ2) is 7.37. The van der Waals surface area contributed by atoms with E-state index in [1.807, 2.05) is 65.6 Å². The van der Waals surface area contributed by atoms with E-state index in [4.69, 9.17) is 4.74 Å². The Kier molecular flexibility index (Phi) is 4.81. The summed E-state index contributed by atoms with van der Waals surface area (Å²) in [7, 11) is 0. The first-order chi connectivity index (χ1) is 11.8. The Hall–Kier alpha value is -3.21. The third kappa shape index (κ3) is 3.41. The van der Waals surface area contributed by atoms with Gasteiger partial charge in [-0.25, -0.2) is 14.8 Å². The van der Waals surface area contributed by atoms with Crippen molar-refractivity contribution in [2.75, 3.05) is 11.5 Å². The van der Waals surface area contributed by atoms with Crippen molar-refractivity contribution >= 4 is 23.3 Å². The quantitative estimate of drug-likeness (QED) is 0.662. The molecular weight excluding hydrogens is 302 g/mol. The number of nitrogens with zero attached hydrogens (tertiary/aromatic N) is 3. The minimum atomic E-state index is -0.421. The zero-order valence-corrected chi connectivity index (χ0v) is 13.3. The number of benzene rings is 2. The average molecular weight is 319 g/mol. The fourth-order valence-corrected chi connectivity index (χ4v) is 2.29. The summed E-state index contributed by atoms with van der Waals surface area (Å²) in [4.78, 5) is 22.4. The standard InChI is InChI=1S/C19H17N3O2/c1-2-24-18(23)15-13-20-19(21-14-15)22(16-9-5-3-6-10-16)17-11-7-4-8-12-17/h3-14H,2H2,1H3. The van der Waals surface area contributed by atoms with Gasteiger partial charge in [0.15, 0.2) is 0 Å². The second-order valence-corrected chi connectivity index (χ2v) is 5.00. The molecule has 5 heteroatoms. The molecule has 0 saturated heterocycles. The van der Waals surface area contributed by atoms with Gasteiger partial charge in [0.25, 0.3) is 0 Å². The summed E-state index contributed by atoms with van der Waals surface area (Å²) >= 11 is 0. The van der Waals surface area contributed by atoms with Crippen LogP contribution in [0, 0.1) is 0 Å². The van der Waals surface area contributed by atoms with Crippen molar-refractivity contribution < 1.29 is 9.53 Å². The fourth-order valence-electron chi connectivity index (χ4n) is 2.29. The monoisotopic (exact) mass is 319 g/mol. The molecule has 1 heterocycles. The van der Waals surface area contributed by atoms with Crippen LogP contribution in [0.1, 0.15) is 17.3 Å². The molecule has 0 bridgehead atoms. The van der Waals surface area contributed by atoms with E-state index in [9.17, 15) is 4.79 Å². The number of aromatic nitrogens is 2. The lowest BCUT2D eigenvalue weighted by molar-refractivity contribution is 0.0525. The van der Waals surface area contributed by atoms with Crippen LogP contribution in [0.2, 0.25) is 0 Å². The number of hydrogen-bond acceptors (Lipinski definition) is 5. The van der Waals surface area contributed by atoms with Crippen LogP contribution in [0.15, 0.2) is 73.1 Å². The Morgan fingerprint density at radius 2 is 1.42 bits per heavy atom. The van der Waals surface area contributed by atoms with Crippen molar-refractivity contribution in [1.82, 2.24) is 9.97 Å². The molecule has 3 rings (SSSR count). The number of ether oxygens (including phenoxy) is 1. The Morgan fingerprint density at radius 1 is 0.917 bits per heavy atom. The summed E-state index contributed by atoms with van der Waals surface area (Å²) in [6.45, 7) is 2.08. The normalized spacial score (nSPS) is 10.2. The van der Waals surface area contributed by atoms with Gasteiger partial charge in [0, 0.05) is 23.8 Å². The van der Waals surface area contributed by atoms with Crippen LogP contribution in [0.3, 0.4) is 0 Å². The van der Waals surface area contributed by atoms with Crippen LogP contribution < -0.4 is 4.90 Å². The van der Waals surface area contributed by atoms with Gasteiger partial charge < -0.3 is 4.74 Å². The highest BCUT2D eigenvalue weighted by molar-refractivity contribution is 5.88. The zero-order chi connectivity index (χ0) is 16.8. The van der Waals surface area contributed by atoms with Crippen LogP contribution >= 0.6 is 0 Å². The molecule has 2 aromatic carbocycles. The maximum absolute atomic E-state index is 11.7. The SMILES string of the molecule is CCOC(=O)c1cnc(N(c2ccccc2)c2ccccc2)nc1. The van der Waals surface area contributed by atoms with Gasteiger partial charge in [-0.05, 0) is 31.2 Å². The third-order valence-electron chi connectivity index (χ3n) is 3.38. The summed E-state index contributed by atoms with van der Waals surface area (Å²) in [5, 5.41) is 0. The Balaban J connectivity index is 1.99. The van der Waals surface area contributed by atoms with Crippen LogP contribution in [0.4, 0.5) is 17.3 Å². The van der Waals surface area contributed by atoms with E-state index in [1.54, 1.807) is 6.92 Å². The maximum atomic E-state index is 11.7. The molecule has 0 amide bonds. The van der Waals surface area contributed by atoms with E-state index in [1.165, 1.54) is 12.4 Å². The predicted octanol–water partition coefficient (Wildman–Crippen LogP) is 4.12. The molecule has 0 N–H and O–H groups in total. The molecular formula is C19H17N3O2. The minimum absolute atomic E-state index is 0.320. The van der Waals surface area contributed by atoms with Gasteiger partial charge in [-0.2, -0.15) is 0 Å². The number of rotatable bonds is 5. The number of hydrogen-bond donors (Lipinski definition) is 0. The van der Waals surface area contributed by atoms with E-state index < -0.39 is 5.97 Å². The molecule has 0 unspecified atom stereocenters. The van der Waals surface area contributed by atoms with Crippen LogP contribution in [-0.2, 0) is 4.74 Å². The summed E-state index contributed by atoms with van der Waals surface area (Å²) in [5.41, 5.74) is 2.21. The van der Waals surface area contributed by atoms with Crippen LogP contribution in [0.25, 0.3) is 0 Å². The average Bonchev–Trinajstić information content (AvgIpc) is 2.64. The number of carbonyl (C=O) groups excluding carboxylic acids is 1. The summed E-state index contributed by atoms with van der Waals surface area (Å²) in [6, 6.07) is 19.7. The zero-order valence-electron chi connectivity index (χ0n) is 13.3. The lowest BCUT2D eigenvalue weighted by atomic mass is 10.2. The number of anilines is 3. The van der Waals surface area contributed by atoms with Crippen LogP contribution in [0.5, 0.6) is 0 Å². The van der Waals surface area contributed by atoms with Crippen molar-refractivity contribution in [1.29, 1.82) is 0 Å². The van der Waals surface area contributed by atoms with Gasteiger partial charge in [0.2, 0.25) is 5.95 Å². The van der Waals surface area contributed by atoms with Gasteiger partial charge in [-0.3, -0.25) is 4.90 Å². The molecule has 0 aliphatic heterocycles. The molecule has 0 spiro atoms. The molecule has 0 aliphatic rings. The third-order valence-corrected chi connectivity index (χ3v) is 3.38. The van der Waals surface area contributed by atoms with E-state index in [2.05, 4.69) is 9.97 Å². The predicted molar refractivity (Wildman–Crippen MR) is 92.7 cm³/mol. The van der Waals surface area contributed by atoms with Gasteiger partial charge in [-0.1, -0.05) is 36.4 Å². The lowest BCUT2D eigenvalue weighted by Crippen LogP contribution is -2.14. The van der Waals surface area contributed by atoms with Gasteiger partial charge in [0.1, 0.15) is 0 Å². The molecule has 5 nitrogen and oxygen atoms in total. The summed E-state index contributed by atoms with van der Waals surface area (Å²) in [6.07, 6.45) is 2.97. The maximum Gasteiger partial charge on any atom is 0.341 e. The molecule has 0 radical (unpaired) electrons. The highest BCUT2D eigenvalue weighted by Crippen LogP contribution is 2.31. The second-order valence-electron chi connectivity index (χ2n) is 5.00. The van der Waals surface area contributed by atoms with E-state index in [-0.39, 0.29) is 0 Å². The molecule has 120 valence electrons. The molecule has 0 saturated carbocycles. The largest absolute Gasteiger partial charge is 0.462 e. The van der Waals surface area contributed by atoms with Crippen molar-refractivity contribution in [3.8, 4) is 0 Å². The van der Waals surface area contributed by atoms with Gasteiger partial charge >= 0.3 is 5.97 Å². The van der Waals surface area contributed by atoms with Crippen molar-refractivity contribution in [2.24, 2.45) is 0 Å². The highest BCUT2D eigenvalue weighted by Gasteiger charge is 2.15. The summed E-state index contributed by atoms with van der Waals surface area (Å²) < 4.78 is 4.97. The smallest absolute Gasteiger partial charge is 0.341 e. The van der Waals surface area contributed by atoms with Gasteiger partial charge in [0.05, 0.1) is 12.2 Å². The first-order valence-electron chi connectivity index (χ1n) is 7.69. The minimum Gasteiger partial charge on any atom is -0.462 e. The fraction of sp³-hybridized carbons (Fsp3) is 0.105. The van der Waals surface area contributed by atoms with Crippen molar-refractivity contribution in [3.63, 3.8) is 0 Å². The van der Waals surface area contributed by atoms with Crippen molar-refractivity contribution in [3.05, 3.63) is 78.6 Å². The number of carbonyl (C=O) groups is 1. The Bertz CT molecular complexity index is 750. The first-order valence-corrected chi connectivity index (χ1v) is 7.69. The highest BCUT2D eigenvalue weighted by atomic mass is 16.5. The summed E-state index contributed by atoms with van der Waals surface area (Å²) in [5.74, 6) is 0.0653. The molecule has 3 aromatic rings. The lowest BCUT2D eigenvalue weighted by Gasteiger charge is -2.22. The Labute approximate surface area is 140 Å². The van der Waals surface area contributed by atoms with E-state index in [0.717, 1.165) is 11.4 Å². The first kappa shape index (κ1) is 15.7. The molecule has 0 fully saturated rings. The van der Waals surface area contributed by atoms with E-state index in [0.29, 0.717) is 18.1 Å². The number of esters is 1. The molecule has 0 atom stereocenters. The Morgan fingerprint density at radius 3 is 1.88 bits per heavy atom. The topological polar surface area (TPSA) is 55.3 Å². The van der Waals surface area contributed by atoms with Crippen molar-refractivity contribution in [2.45, 2.75) is 6.92 Å². The molecule has 0 aliphatic carbocycles. The van der Waals surface area contributed by atoms with Crippen LogP contribution in [-0.4, -0.2) is 22.5 Å². The van der Waals surface area contributed by atoms with Gasteiger partial charge in [-0.15, -0.1) is 0 Å². The number of para-hydroxylation sites is 2. The molecule has 24 heavy (non-hydrogen) atoms.